The van der Waals surface area contributed by atoms with E-state index in [2.05, 4.69) is 17.7 Å². The van der Waals surface area contributed by atoms with E-state index >= 15 is 0 Å². The Bertz CT molecular complexity index is 259. The van der Waals surface area contributed by atoms with Crippen molar-refractivity contribution in [1.29, 1.82) is 0 Å². The SMILES string of the molecule is Cc1cc[n+]2n1CC(O)C2.[Br-]. The molecule has 0 spiro atoms. The summed E-state index contributed by atoms with van der Waals surface area (Å²) in [5, 5.41) is 9.22. The number of hydrogen-bond donors (Lipinski definition) is 1. The van der Waals surface area contributed by atoms with Gasteiger partial charge in [-0.1, -0.05) is 0 Å². The van der Waals surface area contributed by atoms with Gasteiger partial charge in [-0.3, -0.25) is 0 Å². The second-order valence-corrected chi connectivity index (χ2v) is 2.82. The average molecular weight is 219 g/mol. The van der Waals surface area contributed by atoms with Gasteiger partial charge < -0.3 is 22.1 Å². The first-order valence-corrected chi connectivity index (χ1v) is 3.51. The molecule has 1 atom stereocenters. The lowest BCUT2D eigenvalue weighted by atomic mass is 10.3. The molecule has 1 unspecified atom stereocenters. The highest BCUT2D eigenvalue weighted by Crippen LogP contribution is 2.03. The van der Waals surface area contributed by atoms with Gasteiger partial charge in [0.05, 0.1) is 5.69 Å². The number of hydrogen-bond acceptors (Lipinski definition) is 1. The van der Waals surface area contributed by atoms with Crippen LogP contribution in [0, 0.1) is 6.92 Å². The minimum absolute atomic E-state index is 0. The summed E-state index contributed by atoms with van der Waals surface area (Å²) < 4.78 is 4.13. The molecular weight excluding hydrogens is 208 g/mol. The number of nitrogens with zero attached hydrogens (tertiary/aromatic N) is 2. The Morgan fingerprint density at radius 3 is 3.09 bits per heavy atom. The lowest BCUT2D eigenvalue weighted by Gasteiger charge is -1.91. The highest BCUT2D eigenvalue weighted by atomic mass is 79.9. The second-order valence-electron chi connectivity index (χ2n) is 2.82. The third kappa shape index (κ3) is 1.32. The Kier molecular flexibility index (Phi) is 2.34. The molecule has 62 valence electrons. The van der Waals surface area contributed by atoms with Crippen LogP contribution in [0.15, 0.2) is 12.3 Å². The molecule has 2 heterocycles. The van der Waals surface area contributed by atoms with Gasteiger partial charge in [0.25, 0.3) is 0 Å². The molecular formula is C7H11BrN2O. The van der Waals surface area contributed by atoms with Gasteiger partial charge in [0.15, 0.2) is 12.7 Å². The van der Waals surface area contributed by atoms with E-state index in [-0.39, 0.29) is 23.1 Å². The maximum Gasteiger partial charge on any atom is 0.199 e. The normalized spacial score (nSPS) is 21.1. The van der Waals surface area contributed by atoms with Crippen molar-refractivity contribution in [2.75, 3.05) is 0 Å². The van der Waals surface area contributed by atoms with Crippen LogP contribution in [0.3, 0.4) is 0 Å². The van der Waals surface area contributed by atoms with Crippen LogP contribution in [-0.4, -0.2) is 15.9 Å². The molecule has 11 heavy (non-hydrogen) atoms. The number of rotatable bonds is 0. The second kappa shape index (κ2) is 2.95. The van der Waals surface area contributed by atoms with Gasteiger partial charge in [-0.2, -0.15) is 4.68 Å². The number of halogens is 1. The molecule has 4 heteroatoms. The molecule has 1 aromatic rings. The lowest BCUT2D eigenvalue weighted by Crippen LogP contribution is -3.00. The summed E-state index contributed by atoms with van der Waals surface area (Å²) in [6.07, 6.45) is 1.82. The number of aliphatic hydroxyl groups excluding tert-OH is 1. The summed E-state index contributed by atoms with van der Waals surface area (Å²) in [6.45, 7) is 3.54. The minimum Gasteiger partial charge on any atom is -1.00 e. The third-order valence-corrected chi connectivity index (χ3v) is 1.99. The van der Waals surface area contributed by atoms with Crippen LogP contribution in [0.4, 0.5) is 0 Å². The zero-order chi connectivity index (χ0) is 7.14. The minimum atomic E-state index is -0.181. The predicted octanol–water partition coefficient (Wildman–Crippen LogP) is -3.54. The zero-order valence-corrected chi connectivity index (χ0v) is 7.95. The highest BCUT2D eigenvalue weighted by molar-refractivity contribution is 4.93. The van der Waals surface area contributed by atoms with Crippen LogP contribution >= 0.6 is 0 Å². The first kappa shape index (κ1) is 8.74. The molecule has 1 aliphatic rings. The fourth-order valence-corrected chi connectivity index (χ4v) is 1.44. The molecule has 3 nitrogen and oxygen atoms in total. The molecule has 0 saturated carbocycles. The maximum absolute atomic E-state index is 9.22. The van der Waals surface area contributed by atoms with Gasteiger partial charge in [-0.15, -0.1) is 4.68 Å². The topological polar surface area (TPSA) is 29.0 Å². The molecule has 0 amide bonds. The van der Waals surface area contributed by atoms with E-state index in [0.29, 0.717) is 0 Å². The van der Waals surface area contributed by atoms with E-state index in [1.165, 1.54) is 5.69 Å². The van der Waals surface area contributed by atoms with Gasteiger partial charge in [0.1, 0.15) is 12.6 Å². The molecule has 1 aliphatic heterocycles. The van der Waals surface area contributed by atoms with Crippen molar-refractivity contribution in [2.45, 2.75) is 26.1 Å². The summed E-state index contributed by atoms with van der Waals surface area (Å²) in [5.41, 5.74) is 1.22. The van der Waals surface area contributed by atoms with E-state index < -0.39 is 0 Å². The van der Waals surface area contributed by atoms with Crippen molar-refractivity contribution in [3.05, 3.63) is 18.0 Å². The summed E-state index contributed by atoms with van der Waals surface area (Å²) in [4.78, 5) is 0. The van der Waals surface area contributed by atoms with Gasteiger partial charge in [0.2, 0.25) is 0 Å². The highest BCUT2D eigenvalue weighted by Gasteiger charge is 2.26. The molecule has 0 bridgehead atoms. The molecule has 0 aliphatic carbocycles. The van der Waals surface area contributed by atoms with Crippen LogP contribution in [0.5, 0.6) is 0 Å². The van der Waals surface area contributed by atoms with Crippen LogP contribution in [-0.2, 0) is 13.1 Å². The van der Waals surface area contributed by atoms with Gasteiger partial charge in [0, 0.05) is 6.07 Å². The zero-order valence-electron chi connectivity index (χ0n) is 6.37. The number of aryl methyl sites for hydroxylation is 1. The van der Waals surface area contributed by atoms with E-state index in [1.54, 1.807) is 0 Å². The Morgan fingerprint density at radius 1 is 1.73 bits per heavy atom. The fraction of sp³-hybridized carbons (Fsp3) is 0.571. The van der Waals surface area contributed by atoms with Crippen LogP contribution < -0.4 is 21.7 Å². The third-order valence-electron chi connectivity index (χ3n) is 1.99. The van der Waals surface area contributed by atoms with Crippen LogP contribution in [0.25, 0.3) is 0 Å². The molecule has 2 rings (SSSR count). The van der Waals surface area contributed by atoms with Crippen molar-refractivity contribution >= 4 is 0 Å². The maximum atomic E-state index is 9.22. The molecule has 0 saturated heterocycles. The lowest BCUT2D eigenvalue weighted by molar-refractivity contribution is -0.760. The van der Waals surface area contributed by atoms with Crippen LogP contribution in [0.2, 0.25) is 0 Å². The van der Waals surface area contributed by atoms with Crippen molar-refractivity contribution in [3.63, 3.8) is 0 Å². The average Bonchev–Trinajstić information content (AvgIpc) is 2.35. The fourth-order valence-electron chi connectivity index (χ4n) is 1.44. The number of aromatic nitrogens is 2. The molecule has 0 fully saturated rings. The van der Waals surface area contributed by atoms with Gasteiger partial charge in [-0.05, 0) is 6.92 Å². The van der Waals surface area contributed by atoms with E-state index in [4.69, 9.17) is 0 Å². The Labute approximate surface area is 76.0 Å². The first-order chi connectivity index (χ1) is 4.77. The van der Waals surface area contributed by atoms with Crippen LogP contribution in [0.1, 0.15) is 5.69 Å². The molecule has 0 radical (unpaired) electrons. The predicted molar refractivity (Wildman–Crippen MR) is 35.4 cm³/mol. The van der Waals surface area contributed by atoms with Gasteiger partial charge in [-0.25, -0.2) is 0 Å². The molecule has 0 aromatic carbocycles. The Hall–Kier alpha value is -0.350. The van der Waals surface area contributed by atoms with E-state index in [1.807, 2.05) is 10.9 Å². The first-order valence-electron chi connectivity index (χ1n) is 3.51. The quantitative estimate of drug-likeness (QED) is 0.450. The van der Waals surface area contributed by atoms with Crippen molar-refractivity contribution < 1.29 is 26.8 Å². The van der Waals surface area contributed by atoms with E-state index in [9.17, 15) is 5.11 Å². The Balaban J connectivity index is 0.000000605. The summed E-state index contributed by atoms with van der Waals surface area (Å²) in [7, 11) is 0. The van der Waals surface area contributed by atoms with Crippen molar-refractivity contribution in [2.24, 2.45) is 0 Å². The number of fused-ring (bicyclic) bond motifs is 1. The largest absolute Gasteiger partial charge is 1.00 e. The smallest absolute Gasteiger partial charge is 0.199 e. The molecule has 1 N–H and O–H groups in total. The standard InChI is InChI=1S/C7H11N2O.BrH/c1-6-2-3-8-4-7(10)5-9(6)8;/h2-3,7,10H,4-5H2,1H3;1H/q+1;/p-1. The number of aliphatic hydroxyl groups is 1. The molecule has 1 aromatic heterocycles. The monoisotopic (exact) mass is 218 g/mol. The summed E-state index contributed by atoms with van der Waals surface area (Å²) in [5.74, 6) is 0. The van der Waals surface area contributed by atoms with Gasteiger partial charge >= 0.3 is 0 Å². The summed E-state index contributed by atoms with van der Waals surface area (Å²) >= 11 is 0. The Morgan fingerprint density at radius 2 is 2.45 bits per heavy atom. The van der Waals surface area contributed by atoms with Crippen molar-refractivity contribution in [1.82, 2.24) is 4.68 Å². The van der Waals surface area contributed by atoms with E-state index in [0.717, 1.165) is 13.1 Å². The van der Waals surface area contributed by atoms with Crippen molar-refractivity contribution in [3.8, 4) is 0 Å². The summed E-state index contributed by atoms with van der Waals surface area (Å²) in [6, 6.07) is 2.06.